The monoisotopic (exact) mass is 415 g/mol. The van der Waals surface area contributed by atoms with Crippen LogP contribution in [0.1, 0.15) is 11.6 Å². The minimum atomic E-state index is -0.0867. The van der Waals surface area contributed by atoms with E-state index < -0.39 is 0 Å². The van der Waals surface area contributed by atoms with Crippen LogP contribution >= 0.6 is 0 Å². The first kappa shape index (κ1) is 19.1. The summed E-state index contributed by atoms with van der Waals surface area (Å²) in [5.41, 5.74) is 3.49. The largest absolute Gasteiger partial charge is 0.342 e. The molecule has 1 aliphatic heterocycles. The van der Waals surface area contributed by atoms with Crippen LogP contribution in [0.2, 0.25) is 0 Å². The van der Waals surface area contributed by atoms with Crippen LogP contribution in [0.5, 0.6) is 0 Å². The number of nitrogens with one attached hydrogen (secondary N) is 1. The van der Waals surface area contributed by atoms with Crippen molar-refractivity contribution in [3.63, 3.8) is 0 Å². The Kier molecular flexibility index (Phi) is 5.01. The van der Waals surface area contributed by atoms with Gasteiger partial charge in [0.15, 0.2) is 0 Å². The Morgan fingerprint density at radius 3 is 2.65 bits per heavy atom. The van der Waals surface area contributed by atoms with E-state index in [-0.39, 0.29) is 11.6 Å². The number of piperazine rings is 1. The molecule has 1 fully saturated rings. The standard InChI is InChI=1S/C22H21N7O2/c1-28-20(30)12-18(16-6-8-23-9-7-16)26-22(28)29-11-10-24-19(13-29)15-2-4-17(5-3-15)21-25-14-31-27-21/h2-9,12,14,19,24H,10-11,13H2,1H3. The molecule has 156 valence electrons. The Labute approximate surface area is 178 Å². The summed E-state index contributed by atoms with van der Waals surface area (Å²) in [6.45, 7) is 2.24. The van der Waals surface area contributed by atoms with E-state index in [4.69, 9.17) is 9.51 Å². The van der Waals surface area contributed by atoms with Gasteiger partial charge in [-0.25, -0.2) is 4.98 Å². The molecule has 0 radical (unpaired) electrons. The van der Waals surface area contributed by atoms with Crippen LogP contribution in [0.25, 0.3) is 22.6 Å². The van der Waals surface area contributed by atoms with Crippen molar-refractivity contribution in [2.24, 2.45) is 7.05 Å². The number of rotatable bonds is 4. The van der Waals surface area contributed by atoms with Gasteiger partial charge < -0.3 is 14.7 Å². The molecule has 5 rings (SSSR count). The number of benzene rings is 1. The van der Waals surface area contributed by atoms with Gasteiger partial charge >= 0.3 is 0 Å². The lowest BCUT2D eigenvalue weighted by atomic mass is 10.0. The molecular formula is C22H21N7O2. The first-order valence-electron chi connectivity index (χ1n) is 10.0. The van der Waals surface area contributed by atoms with Gasteiger partial charge in [-0.2, -0.15) is 4.98 Å². The van der Waals surface area contributed by atoms with Crippen LogP contribution in [0.4, 0.5) is 5.95 Å². The number of nitrogens with zero attached hydrogens (tertiary/aromatic N) is 6. The highest BCUT2D eigenvalue weighted by Gasteiger charge is 2.24. The van der Waals surface area contributed by atoms with E-state index >= 15 is 0 Å². The zero-order valence-corrected chi connectivity index (χ0v) is 17.0. The fraction of sp³-hybridized carbons (Fsp3) is 0.227. The number of aromatic nitrogens is 5. The Balaban J connectivity index is 1.42. The third-order valence-electron chi connectivity index (χ3n) is 5.48. The van der Waals surface area contributed by atoms with Crippen LogP contribution < -0.4 is 15.8 Å². The normalized spacial score (nSPS) is 16.4. The number of hydrogen-bond donors (Lipinski definition) is 1. The molecule has 1 aliphatic rings. The molecule has 9 heteroatoms. The Bertz CT molecular complexity index is 1220. The second-order valence-electron chi connectivity index (χ2n) is 7.40. The summed E-state index contributed by atoms with van der Waals surface area (Å²) >= 11 is 0. The molecule has 1 aromatic carbocycles. The van der Waals surface area contributed by atoms with Crippen molar-refractivity contribution < 1.29 is 4.52 Å². The van der Waals surface area contributed by atoms with Crippen LogP contribution in [-0.4, -0.2) is 44.3 Å². The summed E-state index contributed by atoms with van der Waals surface area (Å²) in [7, 11) is 1.76. The molecule has 31 heavy (non-hydrogen) atoms. The second-order valence-corrected chi connectivity index (χ2v) is 7.40. The summed E-state index contributed by atoms with van der Waals surface area (Å²) in [5.74, 6) is 1.23. The zero-order valence-electron chi connectivity index (χ0n) is 17.0. The maximum atomic E-state index is 12.6. The first-order chi connectivity index (χ1) is 15.2. The van der Waals surface area contributed by atoms with Gasteiger partial charge in [0, 0.05) is 62.3 Å². The molecule has 1 atom stereocenters. The predicted molar refractivity (Wildman–Crippen MR) is 115 cm³/mol. The minimum Gasteiger partial charge on any atom is -0.342 e. The van der Waals surface area contributed by atoms with Crippen molar-refractivity contribution in [2.45, 2.75) is 6.04 Å². The van der Waals surface area contributed by atoms with E-state index in [9.17, 15) is 4.79 Å². The predicted octanol–water partition coefficient (Wildman–Crippen LogP) is 2.04. The molecular weight excluding hydrogens is 394 g/mol. The van der Waals surface area contributed by atoms with Gasteiger partial charge in [-0.15, -0.1) is 0 Å². The summed E-state index contributed by atoms with van der Waals surface area (Å²) < 4.78 is 6.43. The van der Waals surface area contributed by atoms with Crippen molar-refractivity contribution in [2.75, 3.05) is 24.5 Å². The molecule has 1 N–H and O–H groups in total. The number of anilines is 1. The van der Waals surface area contributed by atoms with Crippen molar-refractivity contribution >= 4 is 5.95 Å². The lowest BCUT2D eigenvalue weighted by Crippen LogP contribution is -2.47. The quantitative estimate of drug-likeness (QED) is 0.540. The van der Waals surface area contributed by atoms with Crippen molar-refractivity contribution in [1.82, 2.24) is 30.0 Å². The fourth-order valence-electron chi connectivity index (χ4n) is 3.80. The molecule has 3 aromatic heterocycles. The van der Waals surface area contributed by atoms with Crippen molar-refractivity contribution in [3.8, 4) is 22.6 Å². The van der Waals surface area contributed by atoms with E-state index in [0.717, 1.165) is 29.8 Å². The van der Waals surface area contributed by atoms with E-state index in [1.807, 2.05) is 24.3 Å². The lowest BCUT2D eigenvalue weighted by Gasteiger charge is -2.35. The highest BCUT2D eigenvalue weighted by atomic mass is 16.5. The number of pyridine rings is 1. The SMILES string of the molecule is Cn1c(N2CCNC(c3ccc(-c4ncon4)cc3)C2)nc(-c2ccncc2)cc1=O. The average Bonchev–Trinajstić information content (AvgIpc) is 3.37. The molecule has 4 heterocycles. The van der Waals surface area contributed by atoms with Gasteiger partial charge in [0.05, 0.1) is 5.69 Å². The molecule has 4 aromatic rings. The van der Waals surface area contributed by atoms with Crippen molar-refractivity contribution in [3.05, 3.63) is 77.2 Å². The molecule has 0 spiro atoms. The zero-order chi connectivity index (χ0) is 21.2. The molecule has 1 saturated heterocycles. The summed E-state index contributed by atoms with van der Waals surface area (Å²) in [6.07, 6.45) is 4.72. The molecule has 0 bridgehead atoms. The Morgan fingerprint density at radius 1 is 1.10 bits per heavy atom. The van der Waals surface area contributed by atoms with Crippen LogP contribution in [0, 0.1) is 0 Å². The first-order valence-corrected chi connectivity index (χ1v) is 10.0. The molecule has 0 aliphatic carbocycles. The summed E-state index contributed by atoms with van der Waals surface area (Å²) in [4.78, 5) is 27.7. The van der Waals surface area contributed by atoms with E-state index in [1.165, 1.54) is 6.39 Å². The van der Waals surface area contributed by atoms with Crippen LogP contribution in [0.3, 0.4) is 0 Å². The smallest absolute Gasteiger partial charge is 0.255 e. The van der Waals surface area contributed by atoms with E-state index in [2.05, 4.69) is 37.5 Å². The fourth-order valence-corrected chi connectivity index (χ4v) is 3.80. The van der Waals surface area contributed by atoms with Gasteiger partial charge in [0.2, 0.25) is 18.2 Å². The van der Waals surface area contributed by atoms with E-state index in [0.29, 0.717) is 24.0 Å². The minimum absolute atomic E-state index is 0.0867. The summed E-state index contributed by atoms with van der Waals surface area (Å²) in [5, 5.41) is 7.43. The molecule has 0 saturated carbocycles. The third-order valence-corrected chi connectivity index (χ3v) is 5.48. The maximum Gasteiger partial charge on any atom is 0.255 e. The van der Waals surface area contributed by atoms with Gasteiger partial charge in [0.25, 0.3) is 5.56 Å². The van der Waals surface area contributed by atoms with Crippen LogP contribution in [0.15, 0.2) is 70.6 Å². The van der Waals surface area contributed by atoms with E-state index in [1.54, 1.807) is 30.1 Å². The third kappa shape index (κ3) is 3.82. The van der Waals surface area contributed by atoms with Crippen molar-refractivity contribution in [1.29, 1.82) is 0 Å². The van der Waals surface area contributed by atoms with Gasteiger partial charge in [-0.05, 0) is 17.7 Å². The van der Waals surface area contributed by atoms with Gasteiger partial charge in [-0.3, -0.25) is 14.3 Å². The molecule has 1 unspecified atom stereocenters. The highest BCUT2D eigenvalue weighted by Crippen LogP contribution is 2.24. The Morgan fingerprint density at radius 2 is 1.90 bits per heavy atom. The van der Waals surface area contributed by atoms with Gasteiger partial charge in [0.1, 0.15) is 0 Å². The maximum absolute atomic E-state index is 12.6. The lowest BCUT2D eigenvalue weighted by molar-refractivity contribution is 0.418. The van der Waals surface area contributed by atoms with Gasteiger partial charge in [-0.1, -0.05) is 29.4 Å². The topological polar surface area (TPSA) is 102 Å². The van der Waals surface area contributed by atoms with Crippen LogP contribution in [-0.2, 0) is 7.05 Å². The second kappa shape index (κ2) is 8.11. The molecule has 0 amide bonds. The Hall–Kier alpha value is -3.85. The summed E-state index contributed by atoms with van der Waals surface area (Å²) in [6, 6.07) is 13.5. The molecule has 9 nitrogen and oxygen atoms in total. The highest BCUT2D eigenvalue weighted by molar-refractivity contribution is 5.59. The average molecular weight is 415 g/mol. The number of hydrogen-bond acceptors (Lipinski definition) is 8.